The summed E-state index contributed by atoms with van der Waals surface area (Å²) in [5.41, 5.74) is 0.916. The SMILES string of the molecule is O=C(NC(=O)C1CC(=O)N(Cc2ccc3c(c2)OCO3)C1)C1CCNCC1. The van der Waals surface area contributed by atoms with E-state index in [1.165, 1.54) is 0 Å². The van der Waals surface area contributed by atoms with E-state index in [4.69, 9.17) is 9.47 Å². The van der Waals surface area contributed by atoms with E-state index in [1.54, 1.807) is 4.90 Å². The monoisotopic (exact) mass is 373 g/mol. The number of ether oxygens (including phenoxy) is 2. The number of benzene rings is 1. The minimum absolute atomic E-state index is 0.0814. The van der Waals surface area contributed by atoms with Crippen LogP contribution < -0.4 is 20.1 Å². The van der Waals surface area contributed by atoms with Crippen LogP contribution in [-0.4, -0.2) is 49.0 Å². The van der Waals surface area contributed by atoms with Gasteiger partial charge in [0.1, 0.15) is 0 Å². The molecule has 1 unspecified atom stereocenters. The molecule has 1 aromatic carbocycles. The van der Waals surface area contributed by atoms with Gasteiger partial charge < -0.3 is 19.7 Å². The number of carbonyl (C=O) groups excluding carboxylic acids is 3. The van der Waals surface area contributed by atoms with E-state index in [0.717, 1.165) is 31.5 Å². The van der Waals surface area contributed by atoms with Crippen molar-refractivity contribution in [1.82, 2.24) is 15.5 Å². The quantitative estimate of drug-likeness (QED) is 0.742. The van der Waals surface area contributed by atoms with Crippen LogP contribution in [0.1, 0.15) is 24.8 Å². The molecular formula is C19H23N3O5. The lowest BCUT2D eigenvalue weighted by Crippen LogP contribution is -2.43. The first-order valence-electron chi connectivity index (χ1n) is 9.32. The molecule has 8 heteroatoms. The van der Waals surface area contributed by atoms with Gasteiger partial charge in [-0.15, -0.1) is 0 Å². The fourth-order valence-electron chi connectivity index (χ4n) is 3.77. The Balaban J connectivity index is 1.33. The summed E-state index contributed by atoms with van der Waals surface area (Å²) < 4.78 is 10.6. The summed E-state index contributed by atoms with van der Waals surface area (Å²) in [5.74, 6) is 0.0979. The van der Waals surface area contributed by atoms with Crippen molar-refractivity contribution in [3.8, 4) is 11.5 Å². The molecule has 0 aliphatic carbocycles. The molecule has 3 amide bonds. The maximum Gasteiger partial charge on any atom is 0.231 e. The lowest BCUT2D eigenvalue weighted by molar-refractivity contribution is -0.135. The Labute approximate surface area is 157 Å². The van der Waals surface area contributed by atoms with Gasteiger partial charge in [-0.05, 0) is 43.6 Å². The van der Waals surface area contributed by atoms with Gasteiger partial charge in [-0.2, -0.15) is 0 Å². The Kier molecular flexibility index (Phi) is 4.98. The summed E-state index contributed by atoms with van der Waals surface area (Å²) in [4.78, 5) is 38.6. The van der Waals surface area contributed by atoms with Crippen LogP contribution in [0, 0.1) is 11.8 Å². The number of imide groups is 1. The smallest absolute Gasteiger partial charge is 0.231 e. The maximum atomic E-state index is 12.4. The summed E-state index contributed by atoms with van der Waals surface area (Å²) in [7, 11) is 0. The number of amides is 3. The van der Waals surface area contributed by atoms with Crippen LogP contribution >= 0.6 is 0 Å². The third-order valence-electron chi connectivity index (χ3n) is 5.35. The lowest BCUT2D eigenvalue weighted by Gasteiger charge is -2.22. The second kappa shape index (κ2) is 7.56. The van der Waals surface area contributed by atoms with Crippen LogP contribution in [0.5, 0.6) is 11.5 Å². The molecule has 2 fully saturated rings. The number of fused-ring (bicyclic) bond motifs is 1. The van der Waals surface area contributed by atoms with Crippen LogP contribution in [0.25, 0.3) is 0 Å². The molecule has 0 aromatic heterocycles. The number of rotatable bonds is 4. The number of likely N-dealkylation sites (tertiary alicyclic amines) is 1. The highest BCUT2D eigenvalue weighted by Gasteiger charge is 2.36. The topological polar surface area (TPSA) is 97.0 Å². The van der Waals surface area contributed by atoms with Gasteiger partial charge in [0.25, 0.3) is 0 Å². The fourth-order valence-corrected chi connectivity index (χ4v) is 3.77. The predicted octanol–water partition coefficient (Wildman–Crippen LogP) is 0.406. The molecule has 4 rings (SSSR count). The molecule has 2 N–H and O–H groups in total. The Bertz CT molecular complexity index is 760. The molecule has 3 aliphatic rings. The van der Waals surface area contributed by atoms with Crippen LogP contribution in [-0.2, 0) is 20.9 Å². The Morgan fingerprint density at radius 1 is 1.11 bits per heavy atom. The van der Waals surface area contributed by atoms with E-state index in [0.29, 0.717) is 24.6 Å². The van der Waals surface area contributed by atoms with Crippen molar-refractivity contribution in [1.29, 1.82) is 0 Å². The molecule has 1 atom stereocenters. The van der Waals surface area contributed by atoms with Crippen molar-refractivity contribution in [2.45, 2.75) is 25.8 Å². The highest BCUT2D eigenvalue weighted by molar-refractivity contribution is 5.99. The zero-order valence-corrected chi connectivity index (χ0v) is 15.0. The molecular weight excluding hydrogens is 350 g/mol. The molecule has 144 valence electrons. The van der Waals surface area contributed by atoms with Gasteiger partial charge in [0.05, 0.1) is 5.92 Å². The molecule has 27 heavy (non-hydrogen) atoms. The van der Waals surface area contributed by atoms with Crippen molar-refractivity contribution in [3.05, 3.63) is 23.8 Å². The molecule has 0 radical (unpaired) electrons. The van der Waals surface area contributed by atoms with Crippen molar-refractivity contribution < 1.29 is 23.9 Å². The molecule has 3 aliphatic heterocycles. The summed E-state index contributed by atoms with van der Waals surface area (Å²) in [5, 5.41) is 5.70. The summed E-state index contributed by atoms with van der Waals surface area (Å²) in [6.07, 6.45) is 1.60. The van der Waals surface area contributed by atoms with Gasteiger partial charge in [0.2, 0.25) is 24.5 Å². The van der Waals surface area contributed by atoms with Crippen molar-refractivity contribution in [3.63, 3.8) is 0 Å². The van der Waals surface area contributed by atoms with Gasteiger partial charge in [-0.3, -0.25) is 19.7 Å². The number of nitrogens with one attached hydrogen (secondary N) is 2. The van der Waals surface area contributed by atoms with E-state index in [-0.39, 0.29) is 36.9 Å². The maximum absolute atomic E-state index is 12.4. The summed E-state index contributed by atoms with van der Waals surface area (Å²) in [6, 6.07) is 5.55. The molecule has 0 spiro atoms. The molecule has 1 aromatic rings. The Morgan fingerprint density at radius 2 is 1.85 bits per heavy atom. The van der Waals surface area contributed by atoms with Crippen molar-refractivity contribution >= 4 is 17.7 Å². The van der Waals surface area contributed by atoms with Gasteiger partial charge in [0, 0.05) is 25.4 Å². The first kappa shape index (κ1) is 17.8. The minimum Gasteiger partial charge on any atom is -0.454 e. The van der Waals surface area contributed by atoms with Crippen LogP contribution in [0.3, 0.4) is 0 Å². The highest BCUT2D eigenvalue weighted by atomic mass is 16.7. The normalized spacial score (nSPS) is 22.1. The van der Waals surface area contributed by atoms with E-state index in [1.807, 2.05) is 18.2 Å². The number of carbonyl (C=O) groups is 3. The molecule has 8 nitrogen and oxygen atoms in total. The van der Waals surface area contributed by atoms with Crippen LogP contribution in [0.4, 0.5) is 0 Å². The largest absolute Gasteiger partial charge is 0.454 e. The number of hydrogen-bond donors (Lipinski definition) is 2. The average molecular weight is 373 g/mol. The fraction of sp³-hybridized carbons (Fsp3) is 0.526. The van der Waals surface area contributed by atoms with Gasteiger partial charge in [0.15, 0.2) is 11.5 Å². The van der Waals surface area contributed by atoms with E-state index in [9.17, 15) is 14.4 Å². The summed E-state index contributed by atoms with van der Waals surface area (Å²) in [6.45, 7) is 2.50. The zero-order valence-electron chi connectivity index (χ0n) is 15.0. The Morgan fingerprint density at radius 3 is 2.67 bits per heavy atom. The number of hydrogen-bond acceptors (Lipinski definition) is 6. The predicted molar refractivity (Wildman–Crippen MR) is 94.8 cm³/mol. The van der Waals surface area contributed by atoms with Crippen LogP contribution in [0.2, 0.25) is 0 Å². The Hall–Kier alpha value is -2.61. The standard InChI is InChI=1S/C19H23N3O5/c23-17-8-14(19(25)21-18(24)13-3-5-20-6-4-13)10-22(17)9-12-1-2-15-16(7-12)27-11-26-15/h1-2,7,13-14,20H,3-6,8-11H2,(H,21,24,25). The first-order chi connectivity index (χ1) is 13.1. The lowest BCUT2D eigenvalue weighted by atomic mass is 9.97. The number of nitrogens with zero attached hydrogens (tertiary/aromatic N) is 1. The van der Waals surface area contributed by atoms with E-state index in [2.05, 4.69) is 10.6 Å². The van der Waals surface area contributed by atoms with E-state index >= 15 is 0 Å². The second-order valence-electron chi connectivity index (χ2n) is 7.24. The summed E-state index contributed by atoms with van der Waals surface area (Å²) >= 11 is 0. The zero-order chi connectivity index (χ0) is 18.8. The third kappa shape index (κ3) is 3.90. The van der Waals surface area contributed by atoms with Crippen molar-refractivity contribution in [2.24, 2.45) is 11.8 Å². The molecule has 3 heterocycles. The highest BCUT2D eigenvalue weighted by Crippen LogP contribution is 2.33. The first-order valence-corrected chi connectivity index (χ1v) is 9.32. The average Bonchev–Trinajstić information content (AvgIpc) is 3.29. The number of piperidine rings is 1. The molecule has 2 saturated heterocycles. The van der Waals surface area contributed by atoms with Gasteiger partial charge in [-0.25, -0.2) is 0 Å². The third-order valence-corrected chi connectivity index (χ3v) is 5.35. The van der Waals surface area contributed by atoms with Crippen LogP contribution in [0.15, 0.2) is 18.2 Å². The minimum atomic E-state index is -0.489. The molecule has 0 saturated carbocycles. The van der Waals surface area contributed by atoms with Gasteiger partial charge >= 0.3 is 0 Å². The van der Waals surface area contributed by atoms with Gasteiger partial charge in [-0.1, -0.05) is 6.07 Å². The van der Waals surface area contributed by atoms with Crippen molar-refractivity contribution in [2.75, 3.05) is 26.4 Å². The van der Waals surface area contributed by atoms with E-state index < -0.39 is 5.92 Å². The second-order valence-corrected chi connectivity index (χ2v) is 7.24. The molecule has 0 bridgehead atoms.